The van der Waals surface area contributed by atoms with E-state index in [1.165, 1.54) is 5.57 Å². The molecule has 1 aliphatic carbocycles. The summed E-state index contributed by atoms with van der Waals surface area (Å²) in [5.41, 5.74) is 1.88. The van der Waals surface area contributed by atoms with Crippen LogP contribution in [0.4, 0.5) is 0 Å². The van der Waals surface area contributed by atoms with E-state index >= 15 is 0 Å². The quantitative estimate of drug-likeness (QED) is 0.498. The highest BCUT2D eigenvalue weighted by Crippen LogP contribution is 2.63. The molecule has 4 unspecified atom stereocenters. The second-order valence-electron chi connectivity index (χ2n) is 7.87. The standard InChI is InChI=1S/C20H26N3O4PS/c1-13-4-3-5-16-19(13)29-20(21-16)26-18-12-15(6-7-17(18)24)14(2)27-28(25,22-8-9-22)23-10-11-23/h3-7,12,14,16,19-21,24H,8-11H2,1-2H3. The van der Waals surface area contributed by atoms with Gasteiger partial charge < -0.3 is 9.84 Å². The van der Waals surface area contributed by atoms with Gasteiger partial charge in [0.05, 0.1) is 6.10 Å². The van der Waals surface area contributed by atoms with Crippen molar-refractivity contribution in [3.8, 4) is 11.5 Å². The summed E-state index contributed by atoms with van der Waals surface area (Å²) in [7, 11) is -2.91. The van der Waals surface area contributed by atoms with Crippen molar-refractivity contribution < 1.29 is 18.9 Å². The maximum absolute atomic E-state index is 13.3. The lowest BCUT2D eigenvalue weighted by Crippen LogP contribution is -2.35. The molecule has 3 aliphatic heterocycles. The lowest BCUT2D eigenvalue weighted by atomic mass is 10.0. The number of allylic oxidation sites excluding steroid dienone is 2. The van der Waals surface area contributed by atoms with Gasteiger partial charge in [0, 0.05) is 37.5 Å². The van der Waals surface area contributed by atoms with E-state index < -0.39 is 7.67 Å². The predicted molar refractivity (Wildman–Crippen MR) is 114 cm³/mol. The van der Waals surface area contributed by atoms with Crippen molar-refractivity contribution in [2.75, 3.05) is 26.2 Å². The molecule has 3 fully saturated rings. The zero-order valence-electron chi connectivity index (χ0n) is 16.5. The van der Waals surface area contributed by atoms with Gasteiger partial charge in [-0.1, -0.05) is 41.6 Å². The van der Waals surface area contributed by atoms with Crippen LogP contribution in [0.5, 0.6) is 11.5 Å². The van der Waals surface area contributed by atoms with Crippen LogP contribution in [0.2, 0.25) is 0 Å². The molecule has 0 bridgehead atoms. The summed E-state index contributed by atoms with van der Waals surface area (Å²) in [6, 6.07) is 5.43. The predicted octanol–water partition coefficient (Wildman–Crippen LogP) is 3.46. The lowest BCUT2D eigenvalue weighted by Gasteiger charge is -2.24. The summed E-state index contributed by atoms with van der Waals surface area (Å²) in [6.45, 7) is 7.30. The van der Waals surface area contributed by atoms with Crippen LogP contribution in [-0.2, 0) is 9.09 Å². The highest BCUT2D eigenvalue weighted by molar-refractivity contribution is 8.00. The third-order valence-electron chi connectivity index (χ3n) is 5.60. The summed E-state index contributed by atoms with van der Waals surface area (Å²) >= 11 is 1.70. The average Bonchev–Trinajstić information content (AvgIpc) is 3.59. The Labute approximate surface area is 175 Å². The maximum Gasteiger partial charge on any atom is 0.346 e. The van der Waals surface area contributed by atoms with Crippen molar-refractivity contribution in [1.29, 1.82) is 0 Å². The van der Waals surface area contributed by atoms with Gasteiger partial charge >= 0.3 is 7.67 Å². The van der Waals surface area contributed by atoms with Crippen LogP contribution in [-0.4, -0.2) is 57.5 Å². The number of aromatic hydroxyl groups is 1. The number of nitrogens with zero attached hydrogens (tertiary/aromatic N) is 2. The largest absolute Gasteiger partial charge is 0.504 e. The number of phenolic OH excluding ortho intramolecular Hbond substituents is 1. The van der Waals surface area contributed by atoms with Crippen molar-refractivity contribution in [3.05, 3.63) is 47.6 Å². The molecule has 0 spiro atoms. The normalized spacial score (nSPS) is 30.0. The number of benzene rings is 1. The highest BCUT2D eigenvalue weighted by Gasteiger charge is 2.50. The first-order valence-corrected chi connectivity index (χ1v) is 12.5. The first kappa shape index (κ1) is 19.7. The van der Waals surface area contributed by atoms with E-state index in [1.54, 1.807) is 30.0 Å². The molecule has 0 aromatic heterocycles. The fourth-order valence-electron chi connectivity index (χ4n) is 3.70. The number of fused-ring (bicyclic) bond motifs is 1. The van der Waals surface area contributed by atoms with Gasteiger partial charge in [0.1, 0.15) is 0 Å². The molecule has 3 heterocycles. The molecule has 9 heteroatoms. The Kier molecular flexibility index (Phi) is 5.05. The number of nitrogens with one attached hydrogen (secondary N) is 1. The molecular weight excluding hydrogens is 409 g/mol. The minimum Gasteiger partial charge on any atom is -0.504 e. The fraction of sp³-hybridized carbons (Fsp3) is 0.500. The molecule has 0 saturated carbocycles. The van der Waals surface area contributed by atoms with E-state index in [1.807, 2.05) is 16.3 Å². The molecular formula is C20H26N3O4PS. The Bertz CT molecular complexity index is 899. The monoisotopic (exact) mass is 435 g/mol. The molecule has 4 atom stereocenters. The summed E-state index contributed by atoms with van der Waals surface area (Å²) in [5, 5.41) is 14.1. The fourth-order valence-corrected chi connectivity index (χ4v) is 7.34. The number of hydrogen-bond acceptors (Lipinski definition) is 6. The van der Waals surface area contributed by atoms with E-state index in [4.69, 9.17) is 9.26 Å². The third-order valence-corrected chi connectivity index (χ3v) is 9.85. The van der Waals surface area contributed by atoms with Gasteiger partial charge in [0.25, 0.3) is 0 Å². The highest BCUT2D eigenvalue weighted by atomic mass is 32.2. The van der Waals surface area contributed by atoms with Gasteiger partial charge in [-0.3, -0.25) is 14.4 Å². The van der Waals surface area contributed by atoms with E-state index in [9.17, 15) is 9.67 Å². The van der Waals surface area contributed by atoms with Crippen LogP contribution in [0.1, 0.15) is 25.5 Å². The Morgan fingerprint density at radius 1 is 1.28 bits per heavy atom. The molecule has 7 nitrogen and oxygen atoms in total. The summed E-state index contributed by atoms with van der Waals surface area (Å²) < 4.78 is 29.2. The zero-order valence-corrected chi connectivity index (χ0v) is 18.2. The van der Waals surface area contributed by atoms with Gasteiger partial charge in [-0.2, -0.15) is 0 Å². The number of thioether (sulfide) groups is 1. The van der Waals surface area contributed by atoms with Crippen LogP contribution in [0.3, 0.4) is 0 Å². The van der Waals surface area contributed by atoms with E-state index in [-0.39, 0.29) is 23.5 Å². The van der Waals surface area contributed by atoms with Crippen molar-refractivity contribution in [1.82, 2.24) is 14.7 Å². The van der Waals surface area contributed by atoms with Gasteiger partial charge in [-0.05, 0) is 31.5 Å². The minimum absolute atomic E-state index is 0.0843. The van der Waals surface area contributed by atoms with E-state index in [0.29, 0.717) is 11.0 Å². The summed E-state index contributed by atoms with van der Waals surface area (Å²) in [5.74, 6) is 0.488. The second kappa shape index (κ2) is 7.45. The number of rotatable bonds is 7. The lowest BCUT2D eigenvalue weighted by molar-refractivity contribution is 0.198. The smallest absolute Gasteiger partial charge is 0.346 e. The molecule has 29 heavy (non-hydrogen) atoms. The molecule has 1 aromatic rings. The Morgan fingerprint density at radius 2 is 2.00 bits per heavy atom. The SMILES string of the molecule is CC1=CC=CC2NC(Oc3cc(C(C)OP(=O)(N4CC4)N4CC4)ccc3O)SC12. The molecule has 2 N–H and O–H groups in total. The summed E-state index contributed by atoms with van der Waals surface area (Å²) in [4.78, 5) is 0. The van der Waals surface area contributed by atoms with Crippen molar-refractivity contribution in [2.45, 2.75) is 36.8 Å². The van der Waals surface area contributed by atoms with Crippen LogP contribution in [0.15, 0.2) is 42.0 Å². The van der Waals surface area contributed by atoms with Crippen LogP contribution in [0.25, 0.3) is 0 Å². The van der Waals surface area contributed by atoms with E-state index in [0.717, 1.165) is 31.7 Å². The molecule has 1 aromatic carbocycles. The first-order chi connectivity index (χ1) is 13.9. The van der Waals surface area contributed by atoms with E-state index in [2.05, 4.69) is 30.5 Å². The Morgan fingerprint density at radius 3 is 2.66 bits per heavy atom. The van der Waals surface area contributed by atoms with Crippen molar-refractivity contribution >= 4 is 19.4 Å². The molecule has 0 amide bonds. The topological polar surface area (TPSA) is 73.8 Å². The minimum atomic E-state index is -2.91. The van der Waals surface area contributed by atoms with Crippen molar-refractivity contribution in [2.24, 2.45) is 0 Å². The molecule has 0 radical (unpaired) electrons. The first-order valence-electron chi connectivity index (χ1n) is 9.99. The number of phenols is 1. The van der Waals surface area contributed by atoms with Gasteiger partial charge in [-0.25, -0.2) is 9.34 Å². The average molecular weight is 435 g/mol. The van der Waals surface area contributed by atoms with Gasteiger partial charge in [-0.15, -0.1) is 0 Å². The maximum atomic E-state index is 13.3. The van der Waals surface area contributed by atoms with Gasteiger partial charge in [0.2, 0.25) is 0 Å². The molecule has 5 rings (SSSR count). The van der Waals surface area contributed by atoms with Crippen LogP contribution >= 0.6 is 19.4 Å². The summed E-state index contributed by atoms with van der Waals surface area (Å²) in [6.07, 6.45) is 5.95. The third kappa shape index (κ3) is 3.90. The van der Waals surface area contributed by atoms with Crippen molar-refractivity contribution in [3.63, 3.8) is 0 Å². The zero-order chi connectivity index (χ0) is 20.2. The van der Waals surface area contributed by atoms with Crippen LogP contribution in [0, 0.1) is 0 Å². The Hall–Kier alpha value is -1.28. The number of hydrogen-bond donors (Lipinski definition) is 2. The number of ether oxygens (including phenoxy) is 1. The Balaban J connectivity index is 1.29. The molecule has 4 aliphatic rings. The molecule has 3 saturated heterocycles. The van der Waals surface area contributed by atoms with Crippen LogP contribution < -0.4 is 10.1 Å². The molecule has 156 valence electrons. The van der Waals surface area contributed by atoms with Gasteiger partial charge in [0.15, 0.2) is 17.1 Å². The second-order valence-corrected chi connectivity index (χ2v) is 11.4.